The van der Waals surface area contributed by atoms with Gasteiger partial charge in [0, 0.05) is 0 Å². The minimum absolute atomic E-state index is 0. The topological polar surface area (TPSA) is 259 Å². The molecule has 0 aliphatic heterocycles. The van der Waals surface area contributed by atoms with Crippen molar-refractivity contribution >= 4 is 63.9 Å². The average molecular weight is 384 g/mol. The Labute approximate surface area is 142 Å². The Kier molecular flexibility index (Phi) is 32.3. The van der Waals surface area contributed by atoms with E-state index in [-0.39, 0.29) is 62.1 Å². The fourth-order valence-electron chi connectivity index (χ4n) is 0. The number of phosphoric acid groups is 3. The number of hydrogen-bond donors (Lipinski definition) is 0. The normalized spacial score (nSPS) is 9.83. The molecule has 0 aromatic heterocycles. The fraction of sp³-hybridized carbons (Fsp3) is 0. The molecule has 0 spiro atoms. The smallest absolute Gasteiger partial charge is 0.822 e. The first kappa shape index (κ1) is 37.0. The maximum Gasteiger partial charge on any atom is 4.00 e. The molecule has 0 aliphatic carbocycles. The van der Waals surface area contributed by atoms with Gasteiger partial charge in [0.1, 0.15) is 0 Å². The summed E-state index contributed by atoms with van der Waals surface area (Å²) in [7, 11) is -16.2. The first-order valence-corrected chi connectivity index (χ1v) is 6.57. The van der Waals surface area contributed by atoms with Gasteiger partial charge in [-0.25, -0.2) is 0 Å². The molecule has 96 valence electrons. The Balaban J connectivity index is -0.0000000277. The molecule has 18 heteroatoms. The van der Waals surface area contributed by atoms with Gasteiger partial charge < -0.3 is 57.7 Å². The molecular formula is AlMgO12P3Ti. The van der Waals surface area contributed by atoms with Crippen molar-refractivity contribution in [3.05, 3.63) is 0 Å². The van der Waals surface area contributed by atoms with Crippen LogP contribution in [-0.4, -0.2) is 40.4 Å². The van der Waals surface area contributed by atoms with E-state index in [4.69, 9.17) is 57.7 Å². The zero-order chi connectivity index (χ0) is 13.5. The molecule has 12 nitrogen and oxygen atoms in total. The largest absolute Gasteiger partial charge is 4.00 e. The molecule has 0 aromatic rings. The van der Waals surface area contributed by atoms with Gasteiger partial charge in [-0.15, -0.1) is 0 Å². The molecule has 0 unspecified atom stereocenters. The second-order valence-electron chi connectivity index (χ2n) is 1.34. The first-order chi connectivity index (χ1) is 6.00. The monoisotopic (exact) mass is 384 g/mol. The van der Waals surface area contributed by atoms with Gasteiger partial charge in [0.05, 0.1) is 0 Å². The molecule has 0 rings (SSSR count). The van der Waals surface area contributed by atoms with Crippen LogP contribution in [-0.2, 0) is 35.4 Å². The van der Waals surface area contributed by atoms with E-state index in [1.807, 2.05) is 0 Å². The summed E-state index contributed by atoms with van der Waals surface area (Å²) in [6.45, 7) is 0. The molecule has 0 heterocycles. The molecule has 0 fully saturated rings. The molecule has 0 N–H and O–H groups in total. The molecule has 18 heavy (non-hydrogen) atoms. The summed E-state index contributed by atoms with van der Waals surface area (Å²) < 4.78 is 25.6. The van der Waals surface area contributed by atoms with Crippen LogP contribution in [0.3, 0.4) is 0 Å². The molecule has 0 saturated heterocycles. The fourth-order valence-corrected chi connectivity index (χ4v) is 0. The van der Waals surface area contributed by atoms with Crippen LogP contribution in [0.4, 0.5) is 0 Å². The van der Waals surface area contributed by atoms with E-state index < -0.39 is 23.5 Å². The maximum atomic E-state index is 8.55. The van der Waals surface area contributed by atoms with Crippen molar-refractivity contribution in [2.24, 2.45) is 0 Å². The van der Waals surface area contributed by atoms with Gasteiger partial charge in [-0.05, 0) is 0 Å². The number of hydrogen-bond acceptors (Lipinski definition) is 12. The summed E-state index contributed by atoms with van der Waals surface area (Å²) in [5.41, 5.74) is 0. The van der Waals surface area contributed by atoms with Crippen molar-refractivity contribution < 1.29 is 79.5 Å². The SMILES string of the molecule is O=P([O-])([O-])[O-].O=P([O-])([O-])[O-].O=P([O-])([O-])[O-].[Al+3].[Mg+2].[Ti+4]. The maximum absolute atomic E-state index is 8.55. The molecule has 0 radical (unpaired) electrons. The van der Waals surface area contributed by atoms with Crippen molar-refractivity contribution in [2.45, 2.75) is 0 Å². The molecule has 0 aromatic carbocycles. The zero-order valence-corrected chi connectivity index (χ0v) is 14.8. The van der Waals surface area contributed by atoms with E-state index >= 15 is 0 Å². The zero-order valence-electron chi connectivity index (χ0n) is 8.03. The Hall–Kier alpha value is 2.34. The molecule has 0 aliphatic rings. The van der Waals surface area contributed by atoms with E-state index in [1.54, 1.807) is 0 Å². The standard InChI is InChI=1S/Al.Mg.3H3O4P.Ti/c;;3*1-5(2,3)4;/h;;3*(H3,1,2,3,4);/q+3;+2;;;;+4/p-9. The van der Waals surface area contributed by atoms with Crippen LogP contribution in [0.5, 0.6) is 0 Å². The predicted octanol–water partition coefficient (Wildman–Crippen LogP) is -9.24. The first-order valence-electron chi connectivity index (χ1n) is 2.19. The minimum atomic E-state index is -5.39. The third-order valence-electron chi connectivity index (χ3n) is 0. The van der Waals surface area contributed by atoms with Crippen molar-refractivity contribution in [3.63, 3.8) is 0 Å². The summed E-state index contributed by atoms with van der Waals surface area (Å²) in [6, 6.07) is 0. The van der Waals surface area contributed by atoms with Crippen LogP contribution >= 0.6 is 23.5 Å². The van der Waals surface area contributed by atoms with Crippen LogP contribution in [0, 0.1) is 0 Å². The van der Waals surface area contributed by atoms with E-state index in [1.165, 1.54) is 0 Å². The second-order valence-corrected chi connectivity index (χ2v) is 4.02. The van der Waals surface area contributed by atoms with Gasteiger partial charge in [0.2, 0.25) is 0 Å². The van der Waals surface area contributed by atoms with Gasteiger partial charge in [0.15, 0.2) is 0 Å². The summed E-state index contributed by atoms with van der Waals surface area (Å²) in [4.78, 5) is 76.9. The summed E-state index contributed by atoms with van der Waals surface area (Å²) in [6.07, 6.45) is 0. The van der Waals surface area contributed by atoms with Crippen molar-refractivity contribution in [1.82, 2.24) is 0 Å². The van der Waals surface area contributed by atoms with Gasteiger partial charge >= 0.3 is 62.1 Å². The van der Waals surface area contributed by atoms with E-state index in [0.29, 0.717) is 0 Å². The summed E-state index contributed by atoms with van der Waals surface area (Å²) in [5.74, 6) is 0. The molecule has 0 bridgehead atoms. The van der Waals surface area contributed by atoms with Crippen LogP contribution in [0.1, 0.15) is 0 Å². The van der Waals surface area contributed by atoms with Crippen molar-refractivity contribution in [2.75, 3.05) is 0 Å². The average Bonchev–Trinajstić information content (AvgIpc) is 1.41. The van der Waals surface area contributed by atoms with Crippen molar-refractivity contribution in [3.8, 4) is 0 Å². The van der Waals surface area contributed by atoms with Gasteiger partial charge in [0.25, 0.3) is 0 Å². The predicted molar refractivity (Wildman–Crippen MR) is 34.3 cm³/mol. The quantitative estimate of drug-likeness (QED) is 0.278. The van der Waals surface area contributed by atoms with Gasteiger partial charge in [-0.3, -0.25) is 0 Å². The number of rotatable bonds is 0. The van der Waals surface area contributed by atoms with Crippen LogP contribution in [0.25, 0.3) is 0 Å². The van der Waals surface area contributed by atoms with Gasteiger partial charge in [-0.1, -0.05) is 0 Å². The Morgan fingerprint density at radius 3 is 0.500 bits per heavy atom. The molecule has 0 saturated carbocycles. The Bertz CT molecular complexity index is 213. The van der Waals surface area contributed by atoms with Crippen LogP contribution < -0.4 is 44.0 Å². The van der Waals surface area contributed by atoms with Gasteiger partial charge in [-0.2, -0.15) is 23.5 Å². The Morgan fingerprint density at radius 2 is 0.500 bits per heavy atom. The molecule has 0 amide bonds. The van der Waals surface area contributed by atoms with E-state index in [2.05, 4.69) is 0 Å². The molecular weight excluding hydrogens is 384 g/mol. The minimum Gasteiger partial charge on any atom is -0.822 e. The van der Waals surface area contributed by atoms with Crippen LogP contribution in [0.2, 0.25) is 0 Å². The molecule has 0 atom stereocenters. The van der Waals surface area contributed by atoms with E-state index in [9.17, 15) is 0 Å². The third kappa shape index (κ3) is 1010. The van der Waals surface area contributed by atoms with E-state index in [0.717, 1.165) is 0 Å². The van der Waals surface area contributed by atoms with Crippen LogP contribution in [0.15, 0.2) is 0 Å². The third-order valence-corrected chi connectivity index (χ3v) is 0. The van der Waals surface area contributed by atoms with Crippen molar-refractivity contribution in [1.29, 1.82) is 0 Å². The summed E-state index contributed by atoms with van der Waals surface area (Å²) >= 11 is 0. The Morgan fingerprint density at radius 1 is 0.500 bits per heavy atom. The summed E-state index contributed by atoms with van der Waals surface area (Å²) in [5, 5.41) is 0. The second kappa shape index (κ2) is 15.7.